The Bertz CT molecular complexity index is 1160. The number of nitrogens with zero attached hydrogens (tertiary/aromatic N) is 1. The van der Waals surface area contributed by atoms with Crippen molar-refractivity contribution >= 4 is 27.1 Å². The Labute approximate surface area is 160 Å². The molecule has 1 aromatic heterocycles. The van der Waals surface area contributed by atoms with Gasteiger partial charge in [0, 0.05) is 12.1 Å². The second-order valence-electron chi connectivity index (χ2n) is 6.15. The summed E-state index contributed by atoms with van der Waals surface area (Å²) in [7, 11) is -3.90. The lowest BCUT2D eigenvalue weighted by Crippen LogP contribution is -2.12. The Hall–Kier alpha value is -3.46. The standard InChI is InChI=1S/C19H16N2O6S/c1-12-3-7-15(8-4-12)28(25,26)18-10-9-17(27-18)19(22)20-16-11-14(21(23)24)6-5-13(16)2/h3-11H,1-2H3,(H,20,22). The topological polar surface area (TPSA) is 120 Å². The second kappa shape index (κ2) is 7.28. The minimum Gasteiger partial charge on any atom is -0.439 e. The van der Waals surface area contributed by atoms with Gasteiger partial charge in [0.05, 0.1) is 15.5 Å². The van der Waals surface area contributed by atoms with E-state index in [9.17, 15) is 23.3 Å². The maximum absolute atomic E-state index is 12.6. The molecule has 0 bridgehead atoms. The Morgan fingerprint density at radius 2 is 1.71 bits per heavy atom. The van der Waals surface area contributed by atoms with Gasteiger partial charge >= 0.3 is 0 Å². The summed E-state index contributed by atoms with van der Waals surface area (Å²) in [5.41, 5.74) is 1.57. The fourth-order valence-electron chi connectivity index (χ4n) is 2.46. The number of nitrogens with one attached hydrogen (secondary N) is 1. The van der Waals surface area contributed by atoms with Gasteiger partial charge in [-0.2, -0.15) is 0 Å². The number of hydrogen-bond acceptors (Lipinski definition) is 6. The smallest absolute Gasteiger partial charge is 0.291 e. The lowest BCUT2D eigenvalue weighted by atomic mass is 10.2. The zero-order chi connectivity index (χ0) is 20.5. The van der Waals surface area contributed by atoms with E-state index in [1.165, 1.54) is 42.5 Å². The second-order valence-corrected chi connectivity index (χ2v) is 8.03. The molecular weight excluding hydrogens is 384 g/mol. The van der Waals surface area contributed by atoms with Crippen molar-refractivity contribution in [3.63, 3.8) is 0 Å². The highest BCUT2D eigenvalue weighted by atomic mass is 32.2. The highest BCUT2D eigenvalue weighted by Crippen LogP contribution is 2.25. The van der Waals surface area contributed by atoms with Crippen LogP contribution in [0.25, 0.3) is 0 Å². The SMILES string of the molecule is Cc1ccc(S(=O)(=O)c2ccc(C(=O)Nc3cc([N+](=O)[O-])ccc3C)o2)cc1. The number of furan rings is 1. The van der Waals surface area contributed by atoms with Crippen LogP contribution in [0.15, 0.2) is 69.0 Å². The molecular formula is C19H16N2O6S. The molecule has 2 aromatic carbocycles. The monoisotopic (exact) mass is 400 g/mol. The number of carbonyl (C=O) groups excluding carboxylic acids is 1. The molecule has 0 saturated heterocycles. The molecule has 0 aliphatic heterocycles. The molecule has 0 atom stereocenters. The van der Waals surface area contributed by atoms with Gasteiger partial charge in [-0.05, 0) is 43.7 Å². The van der Waals surface area contributed by atoms with Crippen LogP contribution in [0.4, 0.5) is 11.4 Å². The average molecular weight is 400 g/mol. The summed E-state index contributed by atoms with van der Waals surface area (Å²) in [6, 6.07) is 12.7. The fraction of sp³-hybridized carbons (Fsp3) is 0.105. The Morgan fingerprint density at radius 3 is 2.36 bits per heavy atom. The summed E-state index contributed by atoms with van der Waals surface area (Å²) < 4.78 is 30.5. The zero-order valence-corrected chi connectivity index (χ0v) is 15.8. The molecule has 9 heteroatoms. The van der Waals surface area contributed by atoms with E-state index >= 15 is 0 Å². The van der Waals surface area contributed by atoms with Crippen LogP contribution in [0.1, 0.15) is 21.7 Å². The van der Waals surface area contributed by atoms with Crippen molar-refractivity contribution in [3.05, 3.63) is 81.6 Å². The Morgan fingerprint density at radius 1 is 1.04 bits per heavy atom. The molecule has 3 rings (SSSR count). The van der Waals surface area contributed by atoms with E-state index in [0.29, 0.717) is 5.56 Å². The molecule has 28 heavy (non-hydrogen) atoms. The van der Waals surface area contributed by atoms with Gasteiger partial charge in [0.15, 0.2) is 5.76 Å². The molecule has 0 radical (unpaired) electrons. The predicted octanol–water partition coefficient (Wildman–Crippen LogP) is 3.89. The number of carbonyl (C=O) groups is 1. The number of amides is 1. The van der Waals surface area contributed by atoms with Gasteiger partial charge in [0.25, 0.3) is 11.6 Å². The summed E-state index contributed by atoms with van der Waals surface area (Å²) in [5.74, 6) is -0.939. The third-order valence-electron chi connectivity index (χ3n) is 4.08. The van der Waals surface area contributed by atoms with Gasteiger partial charge < -0.3 is 9.73 Å². The van der Waals surface area contributed by atoms with Crippen LogP contribution in [-0.2, 0) is 9.84 Å². The third-order valence-corrected chi connectivity index (χ3v) is 5.72. The Kier molecular flexibility index (Phi) is 5.02. The minimum atomic E-state index is -3.90. The lowest BCUT2D eigenvalue weighted by Gasteiger charge is -2.07. The average Bonchev–Trinajstić information content (AvgIpc) is 3.15. The number of hydrogen-bond donors (Lipinski definition) is 1. The number of benzene rings is 2. The van der Waals surface area contributed by atoms with Crippen LogP contribution < -0.4 is 5.32 Å². The number of sulfone groups is 1. The maximum atomic E-state index is 12.6. The molecule has 0 unspecified atom stereocenters. The normalized spacial score (nSPS) is 11.2. The van der Waals surface area contributed by atoms with Crippen molar-refractivity contribution in [3.8, 4) is 0 Å². The largest absolute Gasteiger partial charge is 0.439 e. The fourth-order valence-corrected chi connectivity index (χ4v) is 3.64. The summed E-state index contributed by atoms with van der Waals surface area (Å²) in [6.07, 6.45) is 0. The summed E-state index contributed by atoms with van der Waals surface area (Å²) >= 11 is 0. The van der Waals surface area contributed by atoms with Crippen LogP contribution in [0.3, 0.4) is 0 Å². The van der Waals surface area contributed by atoms with Crippen LogP contribution >= 0.6 is 0 Å². The summed E-state index contributed by atoms with van der Waals surface area (Å²) in [6.45, 7) is 3.51. The first-order chi connectivity index (χ1) is 13.2. The van der Waals surface area contributed by atoms with Crippen molar-refractivity contribution in [1.29, 1.82) is 0 Å². The minimum absolute atomic E-state index is 0.0499. The van der Waals surface area contributed by atoms with Crippen molar-refractivity contribution < 1.29 is 22.6 Å². The van der Waals surface area contributed by atoms with E-state index in [1.807, 2.05) is 6.92 Å². The highest BCUT2D eigenvalue weighted by Gasteiger charge is 2.24. The van der Waals surface area contributed by atoms with Gasteiger partial charge in [-0.25, -0.2) is 8.42 Å². The van der Waals surface area contributed by atoms with Gasteiger partial charge in [-0.15, -0.1) is 0 Å². The molecule has 0 aliphatic rings. The van der Waals surface area contributed by atoms with Crippen molar-refractivity contribution in [2.75, 3.05) is 5.32 Å². The third kappa shape index (κ3) is 3.79. The first kappa shape index (κ1) is 19.3. The predicted molar refractivity (Wildman–Crippen MR) is 101 cm³/mol. The number of rotatable bonds is 5. The number of nitro groups is 1. The first-order valence-electron chi connectivity index (χ1n) is 8.16. The van der Waals surface area contributed by atoms with Crippen molar-refractivity contribution in [2.45, 2.75) is 23.8 Å². The van der Waals surface area contributed by atoms with Gasteiger partial charge in [-0.3, -0.25) is 14.9 Å². The van der Waals surface area contributed by atoms with Crippen LogP contribution in [0, 0.1) is 24.0 Å². The van der Waals surface area contributed by atoms with Crippen LogP contribution in [0.5, 0.6) is 0 Å². The molecule has 0 spiro atoms. The highest BCUT2D eigenvalue weighted by molar-refractivity contribution is 7.91. The molecule has 0 fully saturated rings. The van der Waals surface area contributed by atoms with E-state index < -0.39 is 20.7 Å². The van der Waals surface area contributed by atoms with Gasteiger partial charge in [0.2, 0.25) is 14.9 Å². The van der Waals surface area contributed by atoms with E-state index in [-0.39, 0.29) is 27.1 Å². The number of nitro benzene ring substituents is 1. The van der Waals surface area contributed by atoms with Crippen LogP contribution in [0.2, 0.25) is 0 Å². The Balaban J connectivity index is 1.86. The summed E-state index contributed by atoms with van der Waals surface area (Å²) in [5, 5.41) is 13.0. The molecule has 0 aliphatic carbocycles. The molecule has 1 amide bonds. The first-order valence-corrected chi connectivity index (χ1v) is 9.65. The maximum Gasteiger partial charge on any atom is 0.291 e. The molecule has 8 nitrogen and oxygen atoms in total. The van der Waals surface area contributed by atoms with Crippen molar-refractivity contribution in [2.24, 2.45) is 0 Å². The molecule has 1 heterocycles. The van der Waals surface area contributed by atoms with Gasteiger partial charge in [-0.1, -0.05) is 23.8 Å². The molecule has 0 saturated carbocycles. The van der Waals surface area contributed by atoms with Gasteiger partial charge in [0.1, 0.15) is 0 Å². The number of aryl methyl sites for hydroxylation is 2. The van der Waals surface area contributed by atoms with Crippen molar-refractivity contribution in [1.82, 2.24) is 0 Å². The molecule has 1 N–H and O–H groups in total. The number of anilines is 1. The quantitative estimate of drug-likeness (QED) is 0.512. The van der Waals surface area contributed by atoms with E-state index in [2.05, 4.69) is 5.32 Å². The zero-order valence-electron chi connectivity index (χ0n) is 15.0. The lowest BCUT2D eigenvalue weighted by molar-refractivity contribution is -0.384. The summed E-state index contributed by atoms with van der Waals surface area (Å²) in [4.78, 5) is 22.8. The van der Waals surface area contributed by atoms with Crippen LogP contribution in [-0.4, -0.2) is 19.2 Å². The molecule has 3 aromatic rings. The van der Waals surface area contributed by atoms with E-state index in [1.54, 1.807) is 19.1 Å². The van der Waals surface area contributed by atoms with E-state index in [4.69, 9.17) is 4.42 Å². The van der Waals surface area contributed by atoms with E-state index in [0.717, 1.165) is 5.56 Å². The number of non-ortho nitro benzene ring substituents is 1. The molecule has 144 valence electrons.